The van der Waals surface area contributed by atoms with Crippen LogP contribution in [0.15, 0.2) is 48.8 Å². The predicted octanol–water partition coefficient (Wildman–Crippen LogP) is 2.92. The van der Waals surface area contributed by atoms with Gasteiger partial charge in [0, 0.05) is 27.1 Å². The highest BCUT2D eigenvalue weighted by Gasteiger charge is 2.07. The summed E-state index contributed by atoms with van der Waals surface area (Å²) in [6, 6.07) is 11.0. The fraction of sp³-hybridized carbons (Fsp3) is 0. The summed E-state index contributed by atoms with van der Waals surface area (Å²) in [7, 11) is 0. The number of rotatable bonds is 2. The molecule has 0 aliphatic rings. The minimum absolute atomic E-state index is 0.0134. The first-order chi connectivity index (χ1) is 7.27. The molecule has 15 heavy (non-hydrogen) atoms. The lowest BCUT2D eigenvalue weighted by atomic mass is 10.1. The number of nitrogens with zero attached hydrogens (tertiary/aromatic N) is 1. The number of hydrogen-bond donors (Lipinski definition) is 0. The van der Waals surface area contributed by atoms with Crippen LogP contribution in [0.25, 0.3) is 0 Å². The summed E-state index contributed by atoms with van der Waals surface area (Å²) in [4.78, 5) is 15.8. The van der Waals surface area contributed by atoms with Crippen molar-refractivity contribution < 1.29 is 4.79 Å². The summed E-state index contributed by atoms with van der Waals surface area (Å²) in [6.45, 7) is 0. The fourth-order valence-corrected chi connectivity index (χ4v) is 1.62. The summed E-state index contributed by atoms with van der Waals surface area (Å²) >= 11 is 2.21. The van der Waals surface area contributed by atoms with E-state index in [1.807, 2.05) is 24.3 Å². The maximum atomic E-state index is 11.9. The minimum atomic E-state index is 0.0134. The summed E-state index contributed by atoms with van der Waals surface area (Å²) in [5.74, 6) is 0.0134. The number of carbonyl (C=O) groups excluding carboxylic acids is 1. The van der Waals surface area contributed by atoms with Gasteiger partial charge in [0.1, 0.15) is 0 Å². The highest BCUT2D eigenvalue weighted by atomic mass is 127. The molecule has 0 spiro atoms. The third-order valence-electron chi connectivity index (χ3n) is 2.03. The normalized spacial score (nSPS) is 9.93. The van der Waals surface area contributed by atoms with Crippen LogP contribution in [-0.2, 0) is 0 Å². The zero-order valence-electron chi connectivity index (χ0n) is 7.85. The molecule has 74 valence electrons. The molecule has 0 radical (unpaired) electrons. The van der Waals surface area contributed by atoms with E-state index < -0.39 is 0 Å². The largest absolute Gasteiger partial charge is 0.289 e. The van der Waals surface area contributed by atoms with Crippen molar-refractivity contribution in [2.24, 2.45) is 0 Å². The minimum Gasteiger partial charge on any atom is -0.289 e. The van der Waals surface area contributed by atoms with Crippen LogP contribution in [0.3, 0.4) is 0 Å². The molecule has 2 rings (SSSR count). The summed E-state index contributed by atoms with van der Waals surface area (Å²) in [5.41, 5.74) is 1.32. The van der Waals surface area contributed by atoms with Crippen molar-refractivity contribution in [2.45, 2.75) is 0 Å². The molecule has 0 atom stereocenters. The number of halogens is 1. The zero-order chi connectivity index (χ0) is 10.7. The first kappa shape index (κ1) is 10.3. The Hall–Kier alpha value is -1.23. The second kappa shape index (κ2) is 4.53. The number of benzene rings is 1. The molecule has 0 saturated carbocycles. The van der Waals surface area contributed by atoms with Crippen LogP contribution in [0, 0.1) is 3.57 Å². The van der Waals surface area contributed by atoms with Crippen molar-refractivity contribution >= 4 is 28.4 Å². The summed E-state index contributed by atoms with van der Waals surface area (Å²) in [5, 5.41) is 0. The average Bonchev–Trinajstić information content (AvgIpc) is 2.30. The fourth-order valence-electron chi connectivity index (χ4n) is 1.27. The van der Waals surface area contributed by atoms with E-state index >= 15 is 0 Å². The van der Waals surface area contributed by atoms with Gasteiger partial charge in [-0.05, 0) is 59.0 Å². The maximum Gasteiger partial charge on any atom is 0.194 e. The molecular formula is C12H8INO. The van der Waals surface area contributed by atoms with Crippen molar-refractivity contribution in [3.05, 3.63) is 63.5 Å². The molecule has 0 amide bonds. The van der Waals surface area contributed by atoms with Gasteiger partial charge in [0.25, 0.3) is 0 Å². The van der Waals surface area contributed by atoms with Crippen molar-refractivity contribution in [1.29, 1.82) is 0 Å². The van der Waals surface area contributed by atoms with Crippen LogP contribution in [0.4, 0.5) is 0 Å². The van der Waals surface area contributed by atoms with E-state index in [9.17, 15) is 4.79 Å². The Bertz CT molecular complexity index is 465. The summed E-state index contributed by atoms with van der Waals surface area (Å²) in [6.07, 6.45) is 3.24. The van der Waals surface area contributed by atoms with Gasteiger partial charge >= 0.3 is 0 Å². The van der Waals surface area contributed by atoms with Crippen molar-refractivity contribution in [3.8, 4) is 0 Å². The molecule has 0 saturated heterocycles. The van der Waals surface area contributed by atoms with Crippen molar-refractivity contribution in [1.82, 2.24) is 4.98 Å². The van der Waals surface area contributed by atoms with Crippen LogP contribution in [0.2, 0.25) is 0 Å². The molecule has 0 fully saturated rings. The molecule has 1 heterocycles. The highest BCUT2D eigenvalue weighted by Crippen LogP contribution is 2.11. The van der Waals surface area contributed by atoms with Gasteiger partial charge in [-0.1, -0.05) is 0 Å². The molecule has 3 heteroatoms. The van der Waals surface area contributed by atoms with E-state index in [0.29, 0.717) is 11.1 Å². The Labute approximate surface area is 101 Å². The van der Waals surface area contributed by atoms with Crippen LogP contribution in [0.5, 0.6) is 0 Å². The molecule has 0 aliphatic heterocycles. The smallest absolute Gasteiger partial charge is 0.194 e. The first-order valence-corrected chi connectivity index (χ1v) is 5.55. The molecule has 2 aromatic rings. The van der Waals surface area contributed by atoms with E-state index in [2.05, 4.69) is 27.6 Å². The second-order valence-corrected chi connectivity index (χ2v) is 4.32. The molecule has 0 bridgehead atoms. The van der Waals surface area contributed by atoms with Gasteiger partial charge in [0.05, 0.1) is 0 Å². The first-order valence-electron chi connectivity index (χ1n) is 4.47. The number of carbonyl (C=O) groups is 1. The lowest BCUT2D eigenvalue weighted by Gasteiger charge is -2.00. The van der Waals surface area contributed by atoms with Gasteiger partial charge in [-0.25, -0.2) is 0 Å². The topological polar surface area (TPSA) is 30.0 Å². The Kier molecular flexibility index (Phi) is 3.11. The lowest BCUT2D eigenvalue weighted by Crippen LogP contribution is -2.01. The number of hydrogen-bond acceptors (Lipinski definition) is 2. The van der Waals surface area contributed by atoms with E-state index in [1.165, 1.54) is 0 Å². The van der Waals surface area contributed by atoms with Crippen LogP contribution in [0.1, 0.15) is 15.9 Å². The Morgan fingerprint density at radius 1 is 1.07 bits per heavy atom. The monoisotopic (exact) mass is 309 g/mol. The van der Waals surface area contributed by atoms with Crippen molar-refractivity contribution in [3.63, 3.8) is 0 Å². The molecule has 1 aromatic carbocycles. The third kappa shape index (κ3) is 2.41. The Balaban J connectivity index is 2.33. The van der Waals surface area contributed by atoms with Gasteiger partial charge in [-0.2, -0.15) is 0 Å². The highest BCUT2D eigenvalue weighted by molar-refractivity contribution is 14.1. The molecular weight excluding hydrogens is 301 g/mol. The van der Waals surface area contributed by atoms with Gasteiger partial charge in [-0.15, -0.1) is 0 Å². The Morgan fingerprint density at radius 3 is 2.40 bits per heavy atom. The van der Waals surface area contributed by atoms with Crippen LogP contribution in [-0.4, -0.2) is 10.8 Å². The molecule has 0 aliphatic carbocycles. The number of ketones is 1. The molecule has 0 N–H and O–H groups in total. The summed E-state index contributed by atoms with van der Waals surface area (Å²) < 4.78 is 1.12. The quantitative estimate of drug-likeness (QED) is 0.631. The van der Waals surface area contributed by atoms with E-state index in [-0.39, 0.29) is 5.78 Å². The van der Waals surface area contributed by atoms with Gasteiger partial charge in [0.15, 0.2) is 5.78 Å². The maximum absolute atomic E-state index is 11.9. The third-order valence-corrected chi connectivity index (χ3v) is 2.75. The predicted molar refractivity (Wildman–Crippen MR) is 66.8 cm³/mol. The van der Waals surface area contributed by atoms with Gasteiger partial charge < -0.3 is 0 Å². The standard InChI is InChI=1S/C12H8INO/c13-11-5-3-9(4-6-11)12(15)10-2-1-7-14-8-10/h1-8H. The average molecular weight is 309 g/mol. The van der Waals surface area contributed by atoms with Gasteiger partial charge in [0.2, 0.25) is 0 Å². The SMILES string of the molecule is O=C(c1ccc(I)cc1)c1cccnc1. The second-order valence-electron chi connectivity index (χ2n) is 3.08. The number of pyridine rings is 1. The van der Waals surface area contributed by atoms with E-state index in [4.69, 9.17) is 0 Å². The van der Waals surface area contributed by atoms with Crippen LogP contribution >= 0.6 is 22.6 Å². The van der Waals surface area contributed by atoms with E-state index in [0.717, 1.165) is 3.57 Å². The Morgan fingerprint density at radius 2 is 1.80 bits per heavy atom. The lowest BCUT2D eigenvalue weighted by molar-refractivity contribution is 0.103. The van der Waals surface area contributed by atoms with E-state index in [1.54, 1.807) is 24.5 Å². The molecule has 0 unspecified atom stereocenters. The van der Waals surface area contributed by atoms with Crippen LogP contribution < -0.4 is 0 Å². The molecule has 2 nitrogen and oxygen atoms in total. The zero-order valence-corrected chi connectivity index (χ0v) is 10.0. The van der Waals surface area contributed by atoms with Crippen molar-refractivity contribution in [2.75, 3.05) is 0 Å². The number of aromatic nitrogens is 1. The van der Waals surface area contributed by atoms with Gasteiger partial charge in [-0.3, -0.25) is 9.78 Å². The molecule has 1 aromatic heterocycles.